The van der Waals surface area contributed by atoms with Crippen LogP contribution < -0.4 is 0 Å². The number of hydrogen-bond acceptors (Lipinski definition) is 3. The number of rotatable bonds is 7. The van der Waals surface area contributed by atoms with E-state index < -0.39 is 0 Å². The van der Waals surface area contributed by atoms with E-state index in [4.69, 9.17) is 16.3 Å². The van der Waals surface area contributed by atoms with E-state index in [1.54, 1.807) is 36.1 Å². The first-order valence-electron chi connectivity index (χ1n) is 8.30. The van der Waals surface area contributed by atoms with Gasteiger partial charge in [0.2, 0.25) is 0 Å². The molecule has 0 heterocycles. The number of benzene rings is 2. The zero-order valence-electron chi connectivity index (χ0n) is 14.4. The molecule has 1 amide bonds. The van der Waals surface area contributed by atoms with Gasteiger partial charge in [-0.3, -0.25) is 9.59 Å². The van der Waals surface area contributed by atoms with Crippen molar-refractivity contribution in [2.75, 3.05) is 13.2 Å². The average molecular weight is 360 g/mol. The first kappa shape index (κ1) is 19.0. The molecule has 0 N–H and O–H groups in total. The molecule has 132 valence electrons. The smallest absolute Gasteiger partial charge is 0.307 e. The van der Waals surface area contributed by atoms with Gasteiger partial charge in [0.1, 0.15) is 0 Å². The summed E-state index contributed by atoms with van der Waals surface area (Å²) >= 11 is 6.19. The van der Waals surface area contributed by atoms with Crippen molar-refractivity contribution in [2.45, 2.75) is 26.3 Å². The van der Waals surface area contributed by atoms with Crippen LogP contribution in [0.25, 0.3) is 0 Å². The Kier molecular flexibility index (Phi) is 7.02. The highest BCUT2D eigenvalue weighted by Gasteiger charge is 2.25. The van der Waals surface area contributed by atoms with Gasteiger partial charge >= 0.3 is 5.97 Å². The first-order valence-corrected chi connectivity index (χ1v) is 8.68. The summed E-state index contributed by atoms with van der Waals surface area (Å²) in [4.78, 5) is 26.4. The van der Waals surface area contributed by atoms with Crippen LogP contribution in [0.5, 0.6) is 0 Å². The summed E-state index contributed by atoms with van der Waals surface area (Å²) in [5.41, 5.74) is 1.42. The van der Waals surface area contributed by atoms with E-state index in [9.17, 15) is 9.59 Å². The highest BCUT2D eigenvalue weighted by molar-refractivity contribution is 6.33. The van der Waals surface area contributed by atoms with Gasteiger partial charge < -0.3 is 9.64 Å². The quantitative estimate of drug-likeness (QED) is 0.684. The highest BCUT2D eigenvalue weighted by Crippen LogP contribution is 2.25. The normalized spacial score (nSPS) is 11.6. The molecule has 0 aliphatic rings. The lowest BCUT2D eigenvalue weighted by molar-refractivity contribution is -0.143. The van der Waals surface area contributed by atoms with Gasteiger partial charge in [0.05, 0.1) is 29.7 Å². The molecule has 0 aromatic heterocycles. The second kappa shape index (κ2) is 9.23. The van der Waals surface area contributed by atoms with Crippen LogP contribution >= 0.6 is 11.6 Å². The highest BCUT2D eigenvalue weighted by atomic mass is 35.5. The largest absolute Gasteiger partial charge is 0.466 e. The van der Waals surface area contributed by atoms with E-state index in [1.807, 2.05) is 37.3 Å². The molecule has 0 aliphatic heterocycles. The fraction of sp³-hybridized carbons (Fsp3) is 0.300. The van der Waals surface area contributed by atoms with Crippen molar-refractivity contribution in [3.8, 4) is 0 Å². The Balaban J connectivity index is 2.26. The molecule has 1 atom stereocenters. The van der Waals surface area contributed by atoms with Gasteiger partial charge in [-0.25, -0.2) is 0 Å². The van der Waals surface area contributed by atoms with Crippen LogP contribution in [0.3, 0.4) is 0 Å². The third-order valence-corrected chi connectivity index (χ3v) is 4.31. The SMILES string of the molecule is CCOC(=O)CCN(C(=O)c1ccccc1Cl)C(C)c1ccccc1. The van der Waals surface area contributed by atoms with E-state index in [0.29, 0.717) is 17.2 Å². The third kappa shape index (κ3) is 5.07. The number of ether oxygens (including phenoxy) is 1. The summed E-state index contributed by atoms with van der Waals surface area (Å²) in [6, 6.07) is 16.4. The number of hydrogen-bond donors (Lipinski definition) is 0. The molecule has 25 heavy (non-hydrogen) atoms. The zero-order valence-corrected chi connectivity index (χ0v) is 15.2. The molecule has 0 fully saturated rings. The van der Waals surface area contributed by atoms with E-state index in [2.05, 4.69) is 0 Å². The molecule has 0 bridgehead atoms. The molecule has 1 unspecified atom stereocenters. The fourth-order valence-electron chi connectivity index (χ4n) is 2.62. The minimum Gasteiger partial charge on any atom is -0.466 e. The Morgan fingerprint density at radius 2 is 1.72 bits per heavy atom. The Bertz CT molecular complexity index is 718. The Labute approximate surface area is 153 Å². The molecule has 0 spiro atoms. The fourth-order valence-corrected chi connectivity index (χ4v) is 2.83. The number of nitrogens with zero attached hydrogens (tertiary/aromatic N) is 1. The zero-order chi connectivity index (χ0) is 18.2. The van der Waals surface area contributed by atoms with Crippen molar-refractivity contribution in [1.82, 2.24) is 4.90 Å². The number of halogens is 1. The van der Waals surface area contributed by atoms with Crippen LogP contribution in [-0.4, -0.2) is 29.9 Å². The maximum Gasteiger partial charge on any atom is 0.307 e. The summed E-state index contributed by atoms with van der Waals surface area (Å²) in [5.74, 6) is -0.522. The van der Waals surface area contributed by atoms with Crippen molar-refractivity contribution < 1.29 is 14.3 Å². The summed E-state index contributed by atoms with van der Waals surface area (Å²) in [6.07, 6.45) is 0.140. The van der Waals surface area contributed by atoms with Gasteiger partial charge in [-0.1, -0.05) is 54.1 Å². The topological polar surface area (TPSA) is 46.6 Å². The lowest BCUT2D eigenvalue weighted by atomic mass is 10.0. The minimum atomic E-state index is -0.320. The number of carbonyl (C=O) groups is 2. The van der Waals surface area contributed by atoms with Crippen LogP contribution in [0.2, 0.25) is 5.02 Å². The standard InChI is InChI=1S/C20H22ClNO3/c1-3-25-19(23)13-14-22(15(2)16-9-5-4-6-10-16)20(24)17-11-7-8-12-18(17)21/h4-12,15H,3,13-14H2,1-2H3. The summed E-state index contributed by atoms with van der Waals surface area (Å²) in [7, 11) is 0. The van der Waals surface area contributed by atoms with Crippen LogP contribution in [0.4, 0.5) is 0 Å². The summed E-state index contributed by atoms with van der Waals surface area (Å²) < 4.78 is 4.98. The Morgan fingerprint density at radius 1 is 1.08 bits per heavy atom. The molecule has 5 heteroatoms. The molecule has 0 saturated heterocycles. The predicted molar refractivity (Wildman–Crippen MR) is 98.6 cm³/mol. The van der Waals surface area contributed by atoms with Gasteiger partial charge in [0, 0.05) is 6.54 Å². The van der Waals surface area contributed by atoms with Crippen molar-refractivity contribution in [1.29, 1.82) is 0 Å². The lowest BCUT2D eigenvalue weighted by Crippen LogP contribution is -2.35. The second-order valence-corrected chi connectivity index (χ2v) is 6.03. The van der Waals surface area contributed by atoms with Gasteiger partial charge in [0.15, 0.2) is 0 Å². The van der Waals surface area contributed by atoms with Crippen LogP contribution in [0.1, 0.15) is 42.2 Å². The average Bonchev–Trinajstić information content (AvgIpc) is 2.63. The van der Waals surface area contributed by atoms with Crippen molar-refractivity contribution in [2.24, 2.45) is 0 Å². The van der Waals surface area contributed by atoms with Crippen LogP contribution in [-0.2, 0) is 9.53 Å². The predicted octanol–water partition coefficient (Wildman–Crippen LogP) is 4.50. The van der Waals surface area contributed by atoms with Gasteiger partial charge in [0.25, 0.3) is 5.91 Å². The van der Waals surface area contributed by atoms with Gasteiger partial charge in [-0.2, -0.15) is 0 Å². The second-order valence-electron chi connectivity index (χ2n) is 5.62. The lowest BCUT2D eigenvalue weighted by Gasteiger charge is -2.30. The van der Waals surface area contributed by atoms with Crippen LogP contribution in [0, 0.1) is 0 Å². The van der Waals surface area contributed by atoms with E-state index in [0.717, 1.165) is 5.56 Å². The molecule has 2 rings (SSSR count). The maximum atomic E-state index is 13.0. The molecule has 0 radical (unpaired) electrons. The molecular weight excluding hydrogens is 338 g/mol. The molecular formula is C20H22ClNO3. The number of esters is 1. The molecule has 0 saturated carbocycles. The molecule has 2 aromatic carbocycles. The maximum absolute atomic E-state index is 13.0. The minimum absolute atomic E-state index is 0.140. The van der Waals surface area contributed by atoms with Gasteiger partial charge in [-0.05, 0) is 31.5 Å². The van der Waals surface area contributed by atoms with E-state index >= 15 is 0 Å². The monoisotopic (exact) mass is 359 g/mol. The first-order chi connectivity index (χ1) is 12.0. The Morgan fingerprint density at radius 3 is 2.36 bits per heavy atom. The number of carbonyl (C=O) groups excluding carboxylic acids is 2. The summed E-state index contributed by atoms with van der Waals surface area (Å²) in [6.45, 7) is 4.29. The van der Waals surface area contributed by atoms with E-state index in [-0.39, 0.29) is 30.9 Å². The third-order valence-electron chi connectivity index (χ3n) is 3.98. The van der Waals surface area contributed by atoms with E-state index in [1.165, 1.54) is 0 Å². The summed E-state index contributed by atoms with van der Waals surface area (Å²) in [5, 5.41) is 0.397. The van der Waals surface area contributed by atoms with Crippen molar-refractivity contribution in [3.05, 3.63) is 70.7 Å². The number of amides is 1. The molecule has 4 nitrogen and oxygen atoms in total. The van der Waals surface area contributed by atoms with Gasteiger partial charge in [-0.15, -0.1) is 0 Å². The van der Waals surface area contributed by atoms with Crippen molar-refractivity contribution in [3.63, 3.8) is 0 Å². The molecule has 0 aliphatic carbocycles. The Hall–Kier alpha value is -2.33. The van der Waals surface area contributed by atoms with Crippen molar-refractivity contribution >= 4 is 23.5 Å². The molecule has 2 aromatic rings. The van der Waals surface area contributed by atoms with Crippen LogP contribution in [0.15, 0.2) is 54.6 Å².